The molecule has 170 valence electrons. The van der Waals surface area contributed by atoms with Crippen LogP contribution in [0.1, 0.15) is 42.3 Å². The van der Waals surface area contributed by atoms with Crippen LogP contribution in [-0.2, 0) is 13.0 Å². The summed E-state index contributed by atoms with van der Waals surface area (Å²) in [4.78, 5) is 32.2. The number of rotatable bonds is 6. The Bertz CT molecular complexity index is 1350. The Hall–Kier alpha value is -4.00. The zero-order valence-corrected chi connectivity index (χ0v) is 18.8. The summed E-state index contributed by atoms with van der Waals surface area (Å²) in [5.41, 5.74) is 2.22. The predicted octanol–water partition coefficient (Wildman–Crippen LogP) is 2.70. The molecule has 0 aliphatic heterocycles. The van der Waals surface area contributed by atoms with Gasteiger partial charge in [0.1, 0.15) is 17.1 Å². The van der Waals surface area contributed by atoms with Crippen LogP contribution in [0.3, 0.4) is 0 Å². The average Bonchev–Trinajstić information content (AvgIpc) is 2.78. The molecule has 3 N–H and O–H groups in total. The van der Waals surface area contributed by atoms with Crippen LogP contribution >= 0.6 is 0 Å². The van der Waals surface area contributed by atoms with Gasteiger partial charge in [0.2, 0.25) is 0 Å². The van der Waals surface area contributed by atoms with Crippen LogP contribution in [0, 0.1) is 5.82 Å². The molecule has 0 aliphatic rings. The zero-order valence-electron chi connectivity index (χ0n) is 18.8. The molecule has 33 heavy (non-hydrogen) atoms. The van der Waals surface area contributed by atoms with Crippen molar-refractivity contribution in [3.05, 3.63) is 104 Å². The number of nitrogens with one attached hydrogen (secondary N) is 2. The van der Waals surface area contributed by atoms with Crippen molar-refractivity contribution in [2.75, 3.05) is 0 Å². The zero-order chi connectivity index (χ0) is 24.0. The lowest BCUT2D eigenvalue weighted by Gasteiger charge is -2.09. The predicted molar refractivity (Wildman–Crippen MR) is 126 cm³/mol. The summed E-state index contributed by atoms with van der Waals surface area (Å²) in [7, 11) is 0. The molecule has 7 heteroatoms. The second-order valence-corrected chi connectivity index (χ2v) is 7.82. The minimum absolute atomic E-state index is 0.171. The smallest absolute Gasteiger partial charge is 0.265 e. The lowest BCUT2D eigenvalue weighted by atomic mass is 10.0. The van der Waals surface area contributed by atoms with E-state index in [2.05, 4.69) is 15.3 Å². The highest BCUT2D eigenvalue weighted by atomic mass is 19.1. The van der Waals surface area contributed by atoms with Gasteiger partial charge in [-0.25, -0.2) is 4.39 Å². The first kappa shape index (κ1) is 23.7. The highest BCUT2D eigenvalue weighted by molar-refractivity contribution is 5.96. The van der Waals surface area contributed by atoms with Crippen LogP contribution in [0.2, 0.25) is 0 Å². The van der Waals surface area contributed by atoms with Gasteiger partial charge in [-0.1, -0.05) is 29.8 Å². The second-order valence-electron chi connectivity index (χ2n) is 7.82. The van der Waals surface area contributed by atoms with Crippen molar-refractivity contribution >= 4 is 17.6 Å². The number of carbonyl (C=O) groups excluding carboxylic acids is 1. The summed E-state index contributed by atoms with van der Waals surface area (Å²) in [6, 6.07) is 9.72. The molecule has 1 aromatic carbocycles. The van der Waals surface area contributed by atoms with Crippen LogP contribution in [0.25, 0.3) is 11.6 Å². The van der Waals surface area contributed by atoms with E-state index in [1.54, 1.807) is 56.6 Å². The van der Waals surface area contributed by atoms with Gasteiger partial charge in [-0.2, -0.15) is 0 Å². The first-order chi connectivity index (χ1) is 15.8. The van der Waals surface area contributed by atoms with Gasteiger partial charge in [-0.05, 0) is 68.2 Å². The number of benzene rings is 1. The molecule has 2 aromatic heterocycles. The average molecular weight is 448 g/mol. The fourth-order valence-electron chi connectivity index (χ4n) is 3.47. The molecule has 0 unspecified atom stereocenters. The van der Waals surface area contributed by atoms with Gasteiger partial charge in [0, 0.05) is 24.2 Å². The van der Waals surface area contributed by atoms with E-state index in [-0.39, 0.29) is 23.7 Å². The Morgan fingerprint density at radius 3 is 2.52 bits per heavy atom. The Kier molecular flexibility index (Phi) is 7.56. The number of allylic oxidation sites excluding steroid dienone is 2. The Morgan fingerprint density at radius 2 is 1.91 bits per heavy atom. The van der Waals surface area contributed by atoms with E-state index < -0.39 is 11.5 Å². The van der Waals surface area contributed by atoms with E-state index >= 15 is 0 Å². The fourth-order valence-corrected chi connectivity index (χ4v) is 3.47. The third kappa shape index (κ3) is 5.83. The van der Waals surface area contributed by atoms with Gasteiger partial charge in [0.05, 0.1) is 5.35 Å². The summed E-state index contributed by atoms with van der Waals surface area (Å²) < 4.78 is 13.2. The van der Waals surface area contributed by atoms with E-state index in [0.29, 0.717) is 17.0 Å². The van der Waals surface area contributed by atoms with Crippen LogP contribution in [-0.4, -0.2) is 21.0 Å². The van der Waals surface area contributed by atoms with Crippen molar-refractivity contribution in [3.8, 4) is 5.75 Å². The number of pyridine rings is 2. The number of hydrogen-bond acceptors (Lipinski definition) is 4. The van der Waals surface area contributed by atoms with Gasteiger partial charge in [0.25, 0.3) is 11.5 Å². The van der Waals surface area contributed by atoms with E-state index in [4.69, 9.17) is 0 Å². The highest BCUT2D eigenvalue weighted by Gasteiger charge is 2.18. The molecule has 3 rings (SSSR count). The third-order valence-electron chi connectivity index (χ3n) is 5.14. The molecule has 2 heterocycles. The Balaban J connectivity index is 2.00. The number of aromatic nitrogens is 2. The van der Waals surface area contributed by atoms with Crippen molar-refractivity contribution in [1.29, 1.82) is 0 Å². The lowest BCUT2D eigenvalue weighted by Crippen LogP contribution is -2.41. The minimum Gasteiger partial charge on any atom is -0.506 e. The topological polar surface area (TPSA) is 95.1 Å². The monoisotopic (exact) mass is 447 g/mol. The normalized spacial score (nSPS) is 12.0. The number of H-pyrrole nitrogens is 1. The van der Waals surface area contributed by atoms with Crippen molar-refractivity contribution in [1.82, 2.24) is 15.3 Å². The molecular weight excluding hydrogens is 421 g/mol. The molecule has 0 aliphatic carbocycles. The molecule has 0 radical (unpaired) electrons. The standard InChI is InChI=1S/C26H26FN3O3/c1-4-17(12-18-7-9-20(27)10-8-18)13-21-22(16(2)3)24(31)23(26(33)30-21)25(32)29-15-19-6-5-11-28-14-19/h4-11,13-14,31H,12,15H2,1-3H3,(H,29,32)(H,30,33)/b17-4-,21-13+. The molecule has 0 fully saturated rings. The third-order valence-corrected chi connectivity index (χ3v) is 5.14. The van der Waals surface area contributed by atoms with E-state index in [0.717, 1.165) is 22.3 Å². The highest BCUT2D eigenvalue weighted by Crippen LogP contribution is 2.11. The number of aromatic amines is 1. The van der Waals surface area contributed by atoms with Gasteiger partial charge >= 0.3 is 0 Å². The summed E-state index contributed by atoms with van der Waals surface area (Å²) in [5.74, 6) is -1.36. The van der Waals surface area contributed by atoms with E-state index in [1.807, 2.05) is 13.0 Å². The Labute approximate surface area is 190 Å². The summed E-state index contributed by atoms with van der Waals surface area (Å²) >= 11 is 0. The quantitative estimate of drug-likeness (QED) is 0.542. The molecule has 3 aromatic rings. The molecular formula is C26H26FN3O3. The molecule has 0 atom stereocenters. The van der Waals surface area contributed by atoms with E-state index in [9.17, 15) is 19.1 Å². The maximum atomic E-state index is 13.2. The van der Waals surface area contributed by atoms with Crippen molar-refractivity contribution < 1.29 is 14.3 Å². The molecule has 0 bridgehead atoms. The largest absolute Gasteiger partial charge is 0.506 e. The number of nitrogens with zero attached hydrogens (tertiary/aromatic N) is 1. The van der Waals surface area contributed by atoms with Crippen LogP contribution in [0.4, 0.5) is 4.39 Å². The number of halogens is 1. The first-order valence-electron chi connectivity index (χ1n) is 10.5. The second kappa shape index (κ2) is 10.5. The SMILES string of the molecule is C/C=C(\C=c1\[nH]c(=O)c(C(=O)NCc2cccnc2)c(O)c1=C(C)C)Cc1ccc(F)cc1. The maximum absolute atomic E-state index is 13.2. The van der Waals surface area contributed by atoms with Crippen molar-refractivity contribution in [2.45, 2.75) is 33.7 Å². The number of hydrogen-bond donors (Lipinski definition) is 3. The lowest BCUT2D eigenvalue weighted by molar-refractivity contribution is 0.0946. The van der Waals surface area contributed by atoms with Crippen LogP contribution < -0.4 is 21.4 Å². The number of amides is 1. The first-order valence-corrected chi connectivity index (χ1v) is 10.5. The van der Waals surface area contributed by atoms with Gasteiger partial charge < -0.3 is 15.4 Å². The van der Waals surface area contributed by atoms with Crippen LogP contribution in [0.15, 0.2) is 65.2 Å². The molecule has 0 saturated carbocycles. The number of carbonyl (C=O) groups is 1. The fraction of sp³-hybridized carbons (Fsp3) is 0.192. The molecule has 1 amide bonds. The molecule has 0 saturated heterocycles. The maximum Gasteiger partial charge on any atom is 0.265 e. The van der Waals surface area contributed by atoms with Crippen molar-refractivity contribution in [3.63, 3.8) is 0 Å². The summed E-state index contributed by atoms with van der Waals surface area (Å²) in [6.45, 7) is 5.61. The number of aromatic hydroxyl groups is 1. The van der Waals surface area contributed by atoms with Gasteiger partial charge in [-0.15, -0.1) is 0 Å². The van der Waals surface area contributed by atoms with E-state index in [1.165, 1.54) is 12.1 Å². The summed E-state index contributed by atoms with van der Waals surface area (Å²) in [6.07, 6.45) is 7.37. The minimum atomic E-state index is -0.690. The van der Waals surface area contributed by atoms with Gasteiger partial charge in [0.15, 0.2) is 0 Å². The molecule has 0 spiro atoms. The van der Waals surface area contributed by atoms with Crippen LogP contribution in [0.5, 0.6) is 5.75 Å². The van der Waals surface area contributed by atoms with Gasteiger partial charge in [-0.3, -0.25) is 14.6 Å². The Morgan fingerprint density at radius 1 is 1.18 bits per heavy atom. The summed E-state index contributed by atoms with van der Waals surface area (Å²) in [5, 5.41) is 14.3. The molecule has 6 nitrogen and oxygen atoms in total. The van der Waals surface area contributed by atoms with Crippen molar-refractivity contribution in [2.24, 2.45) is 0 Å².